The first-order valence-electron chi connectivity index (χ1n) is 9.71. The first-order valence-corrected chi connectivity index (χ1v) is 9.71. The average molecular weight is 386 g/mol. The Morgan fingerprint density at radius 2 is 1.85 bits per heavy atom. The van der Waals surface area contributed by atoms with Crippen molar-refractivity contribution in [3.63, 3.8) is 0 Å². The lowest BCUT2D eigenvalue weighted by molar-refractivity contribution is -0.138. The van der Waals surface area contributed by atoms with Crippen molar-refractivity contribution in [3.8, 4) is 0 Å². The molecule has 1 heterocycles. The second kappa shape index (κ2) is 10.5. The second-order valence-corrected chi connectivity index (χ2v) is 6.88. The number of amides is 1. The van der Waals surface area contributed by atoms with Crippen LogP contribution in [0.5, 0.6) is 0 Å². The van der Waals surface area contributed by atoms with Gasteiger partial charge in [0.2, 0.25) is 5.91 Å². The van der Waals surface area contributed by atoms with Crippen LogP contribution in [0.25, 0.3) is 0 Å². The summed E-state index contributed by atoms with van der Waals surface area (Å²) < 4.78 is 45.7. The van der Waals surface area contributed by atoms with Crippen molar-refractivity contribution in [1.29, 1.82) is 0 Å². The van der Waals surface area contributed by atoms with E-state index >= 15 is 0 Å². The van der Waals surface area contributed by atoms with Crippen molar-refractivity contribution in [3.05, 3.63) is 29.3 Å². The van der Waals surface area contributed by atoms with Crippen LogP contribution in [0.2, 0.25) is 0 Å². The molecule has 1 N–H and O–H groups in total. The van der Waals surface area contributed by atoms with Crippen LogP contribution in [0.3, 0.4) is 0 Å². The van der Waals surface area contributed by atoms with Gasteiger partial charge in [-0.25, -0.2) is 0 Å². The molecule has 1 aliphatic rings. The van der Waals surface area contributed by atoms with Crippen LogP contribution in [-0.4, -0.2) is 32.2 Å². The minimum absolute atomic E-state index is 0.0962. The van der Waals surface area contributed by atoms with Gasteiger partial charge in [-0.2, -0.15) is 13.2 Å². The van der Waals surface area contributed by atoms with Gasteiger partial charge in [-0.1, -0.05) is 38.7 Å². The number of nitrogens with one attached hydrogen (secondary N) is 1. The molecule has 1 fully saturated rings. The number of nitrogens with zero attached hydrogens (tertiary/aromatic N) is 1. The predicted octanol–water partition coefficient (Wildman–Crippen LogP) is 4.52. The molecule has 7 heteroatoms. The van der Waals surface area contributed by atoms with Crippen molar-refractivity contribution in [2.24, 2.45) is 0 Å². The Kier molecular flexibility index (Phi) is 8.41. The number of rotatable bonds is 9. The zero-order chi connectivity index (χ0) is 19.7. The maximum absolute atomic E-state index is 13.5. The molecule has 27 heavy (non-hydrogen) atoms. The molecule has 0 radical (unpaired) electrons. The molecular weight excluding hydrogens is 357 g/mol. The summed E-state index contributed by atoms with van der Waals surface area (Å²) in [5, 5.41) is 2.63. The minimum atomic E-state index is -4.46. The Morgan fingerprint density at radius 1 is 1.15 bits per heavy atom. The molecule has 4 nitrogen and oxygen atoms in total. The fourth-order valence-electron chi connectivity index (χ4n) is 3.17. The molecule has 2 rings (SSSR count). The van der Waals surface area contributed by atoms with Gasteiger partial charge >= 0.3 is 6.18 Å². The first-order chi connectivity index (χ1) is 12.9. The van der Waals surface area contributed by atoms with Gasteiger partial charge in [-0.3, -0.25) is 4.79 Å². The maximum atomic E-state index is 13.5. The number of hydrogen-bond donors (Lipinski definition) is 1. The lowest BCUT2D eigenvalue weighted by atomic mass is 10.0. The van der Waals surface area contributed by atoms with Gasteiger partial charge in [-0.05, 0) is 24.1 Å². The summed E-state index contributed by atoms with van der Waals surface area (Å²) in [4.78, 5) is 13.8. The van der Waals surface area contributed by atoms with Crippen LogP contribution in [0.15, 0.2) is 18.2 Å². The van der Waals surface area contributed by atoms with Gasteiger partial charge in [-0.15, -0.1) is 0 Å². The van der Waals surface area contributed by atoms with Gasteiger partial charge in [0.05, 0.1) is 18.8 Å². The topological polar surface area (TPSA) is 41.6 Å². The summed E-state index contributed by atoms with van der Waals surface area (Å²) in [5.41, 5.74) is -0.0507. The van der Waals surface area contributed by atoms with Crippen molar-refractivity contribution in [2.75, 3.05) is 31.2 Å². The highest BCUT2D eigenvalue weighted by atomic mass is 19.4. The van der Waals surface area contributed by atoms with Crippen molar-refractivity contribution in [2.45, 2.75) is 58.2 Å². The van der Waals surface area contributed by atoms with Crippen LogP contribution in [0.4, 0.5) is 18.9 Å². The van der Waals surface area contributed by atoms with Crippen LogP contribution < -0.4 is 10.2 Å². The SMILES string of the molecule is CCCCCCCC(=O)NCc1ccc(N2CCOCC2)cc1C(F)(F)F. The smallest absolute Gasteiger partial charge is 0.378 e. The summed E-state index contributed by atoms with van der Waals surface area (Å²) in [7, 11) is 0. The molecule has 0 atom stereocenters. The molecule has 1 saturated heterocycles. The van der Waals surface area contributed by atoms with Crippen LogP contribution >= 0.6 is 0 Å². The normalized spacial score (nSPS) is 15.0. The van der Waals surface area contributed by atoms with Gasteiger partial charge < -0.3 is 15.0 Å². The standard InChI is InChI=1S/C20H29F3N2O2/c1-2-3-4-5-6-7-19(26)24-15-16-8-9-17(14-18(16)20(21,22)23)25-10-12-27-13-11-25/h8-9,14H,2-7,10-13,15H2,1H3,(H,24,26). The molecule has 152 valence electrons. The zero-order valence-electron chi connectivity index (χ0n) is 15.9. The molecule has 0 aromatic heterocycles. The fourth-order valence-corrected chi connectivity index (χ4v) is 3.17. The van der Waals surface area contributed by atoms with E-state index in [2.05, 4.69) is 12.2 Å². The quantitative estimate of drug-likeness (QED) is 0.635. The molecular formula is C20H29F3N2O2. The highest BCUT2D eigenvalue weighted by Gasteiger charge is 2.34. The number of hydrogen-bond acceptors (Lipinski definition) is 3. The van der Waals surface area contributed by atoms with Crippen LogP contribution in [0, 0.1) is 0 Å². The summed E-state index contributed by atoms with van der Waals surface area (Å²) in [6, 6.07) is 4.33. The lowest BCUT2D eigenvalue weighted by Gasteiger charge is -2.29. The number of ether oxygens (including phenoxy) is 1. The summed E-state index contributed by atoms with van der Waals surface area (Å²) in [6.07, 6.45) is 1.01. The monoisotopic (exact) mass is 386 g/mol. The molecule has 1 amide bonds. The molecule has 0 bridgehead atoms. The molecule has 0 saturated carbocycles. The first kappa shape index (κ1) is 21.5. The van der Waals surface area contributed by atoms with Crippen LogP contribution in [-0.2, 0) is 22.3 Å². The van der Waals surface area contributed by atoms with E-state index in [1.807, 2.05) is 4.90 Å². The number of carbonyl (C=O) groups excluding carboxylic acids is 1. The van der Waals surface area contributed by atoms with Gasteiger partial charge in [0, 0.05) is 31.7 Å². The molecule has 0 spiro atoms. The van der Waals surface area contributed by atoms with E-state index in [1.54, 1.807) is 6.07 Å². The second-order valence-electron chi connectivity index (χ2n) is 6.88. The summed E-state index contributed by atoms with van der Waals surface area (Å²) >= 11 is 0. The Bertz CT molecular complexity index is 599. The molecule has 1 aromatic carbocycles. The third-order valence-corrected chi connectivity index (χ3v) is 4.76. The van der Waals surface area contributed by atoms with E-state index in [4.69, 9.17) is 4.74 Å². The highest BCUT2D eigenvalue weighted by molar-refractivity contribution is 5.75. The van der Waals surface area contributed by atoms with Gasteiger partial charge in [0.1, 0.15) is 0 Å². The van der Waals surface area contributed by atoms with E-state index in [9.17, 15) is 18.0 Å². The molecule has 0 unspecified atom stereocenters. The lowest BCUT2D eigenvalue weighted by Crippen LogP contribution is -2.36. The summed E-state index contributed by atoms with van der Waals surface area (Å²) in [6.45, 7) is 4.19. The number of alkyl halides is 3. The number of carbonyl (C=O) groups is 1. The third-order valence-electron chi connectivity index (χ3n) is 4.76. The molecule has 1 aromatic rings. The molecule has 1 aliphatic heterocycles. The van der Waals surface area contributed by atoms with Crippen molar-refractivity contribution in [1.82, 2.24) is 5.32 Å². The Hall–Kier alpha value is -1.76. The number of morpholine rings is 1. The predicted molar refractivity (Wildman–Crippen MR) is 99.7 cm³/mol. The highest BCUT2D eigenvalue weighted by Crippen LogP contribution is 2.35. The van der Waals surface area contributed by atoms with Crippen molar-refractivity contribution < 1.29 is 22.7 Å². The number of unbranched alkanes of at least 4 members (excludes halogenated alkanes) is 4. The largest absolute Gasteiger partial charge is 0.416 e. The van der Waals surface area contributed by atoms with E-state index in [-0.39, 0.29) is 18.0 Å². The third kappa shape index (κ3) is 7.05. The van der Waals surface area contributed by atoms with E-state index < -0.39 is 11.7 Å². The van der Waals surface area contributed by atoms with E-state index in [0.29, 0.717) is 38.4 Å². The van der Waals surface area contributed by atoms with Gasteiger partial charge in [0.25, 0.3) is 0 Å². The number of benzene rings is 1. The van der Waals surface area contributed by atoms with Gasteiger partial charge in [0.15, 0.2) is 0 Å². The summed E-state index contributed by atoms with van der Waals surface area (Å²) in [5.74, 6) is -0.197. The fraction of sp³-hybridized carbons (Fsp3) is 0.650. The van der Waals surface area contributed by atoms with Crippen molar-refractivity contribution >= 4 is 11.6 Å². The minimum Gasteiger partial charge on any atom is -0.378 e. The number of halogens is 3. The maximum Gasteiger partial charge on any atom is 0.416 e. The van der Waals surface area contributed by atoms with E-state index in [1.165, 1.54) is 12.1 Å². The average Bonchev–Trinajstić information content (AvgIpc) is 2.66. The Labute approximate surface area is 159 Å². The zero-order valence-corrected chi connectivity index (χ0v) is 15.9. The Balaban J connectivity index is 1.95. The number of anilines is 1. The molecule has 0 aliphatic carbocycles. The van der Waals surface area contributed by atoms with Crippen LogP contribution in [0.1, 0.15) is 56.6 Å². The Morgan fingerprint density at radius 3 is 2.52 bits per heavy atom. The van der Waals surface area contributed by atoms with E-state index in [0.717, 1.165) is 32.1 Å².